The first-order valence-electron chi connectivity index (χ1n) is 3.29. The van der Waals surface area contributed by atoms with Crippen molar-refractivity contribution in [1.82, 2.24) is 4.98 Å². The molecule has 1 aromatic rings. The average Bonchev–Trinajstić information content (AvgIpc) is 2.03. The second kappa shape index (κ2) is 3.56. The van der Waals surface area contributed by atoms with E-state index in [9.17, 15) is 9.59 Å². The van der Waals surface area contributed by atoms with E-state index in [0.29, 0.717) is 5.56 Å². The van der Waals surface area contributed by atoms with Crippen molar-refractivity contribution in [3.63, 3.8) is 0 Å². The number of pyridine rings is 1. The molecule has 0 bridgehead atoms. The number of amides is 1. The van der Waals surface area contributed by atoms with Gasteiger partial charge in [0.25, 0.3) is 5.56 Å². The molecule has 3 N–H and O–H groups in total. The summed E-state index contributed by atoms with van der Waals surface area (Å²) < 4.78 is 4.43. The quantitative estimate of drug-likeness (QED) is 0.650. The summed E-state index contributed by atoms with van der Waals surface area (Å²) >= 11 is 0. The third-order valence-corrected chi connectivity index (χ3v) is 1.27. The van der Waals surface area contributed by atoms with Gasteiger partial charge in [0.05, 0.1) is 5.56 Å². The Kier molecular flexibility index (Phi) is 2.47. The Balaban J connectivity index is 2.70. The molecule has 5 heteroatoms. The molecule has 0 radical (unpaired) electrons. The van der Waals surface area contributed by atoms with Crippen LogP contribution in [-0.4, -0.2) is 11.1 Å². The van der Waals surface area contributed by atoms with Gasteiger partial charge in [-0.2, -0.15) is 0 Å². The standard InChI is InChI=1S/C7H8N2O3/c8-7(11)12-4-5-2-1-3-9-6(5)10/h1-3H,4H2,(H2,8,11)(H,9,10). The van der Waals surface area contributed by atoms with Crippen LogP contribution >= 0.6 is 0 Å². The van der Waals surface area contributed by atoms with E-state index in [1.165, 1.54) is 6.20 Å². The van der Waals surface area contributed by atoms with Crippen LogP contribution in [0.25, 0.3) is 0 Å². The molecule has 0 aromatic carbocycles. The maximum atomic E-state index is 10.9. The highest BCUT2D eigenvalue weighted by Crippen LogP contribution is 1.91. The molecule has 0 saturated heterocycles. The van der Waals surface area contributed by atoms with Gasteiger partial charge >= 0.3 is 6.09 Å². The van der Waals surface area contributed by atoms with Crippen LogP contribution in [0.4, 0.5) is 4.79 Å². The van der Waals surface area contributed by atoms with Gasteiger partial charge in [-0.3, -0.25) is 4.79 Å². The third-order valence-electron chi connectivity index (χ3n) is 1.27. The molecule has 0 fully saturated rings. The summed E-state index contributed by atoms with van der Waals surface area (Å²) in [6.07, 6.45) is 0.606. The summed E-state index contributed by atoms with van der Waals surface area (Å²) in [4.78, 5) is 23.6. The van der Waals surface area contributed by atoms with Gasteiger partial charge in [-0.15, -0.1) is 0 Å². The molecular weight excluding hydrogens is 160 g/mol. The molecule has 0 atom stereocenters. The summed E-state index contributed by atoms with van der Waals surface area (Å²) in [6.45, 7) is -0.0918. The summed E-state index contributed by atoms with van der Waals surface area (Å²) in [7, 11) is 0. The van der Waals surface area contributed by atoms with Crippen LogP contribution in [0.1, 0.15) is 5.56 Å². The first kappa shape index (κ1) is 8.32. The van der Waals surface area contributed by atoms with Crippen LogP contribution in [0, 0.1) is 0 Å². The van der Waals surface area contributed by atoms with Crippen molar-refractivity contribution >= 4 is 6.09 Å². The van der Waals surface area contributed by atoms with Gasteiger partial charge in [0.15, 0.2) is 0 Å². The lowest BCUT2D eigenvalue weighted by Crippen LogP contribution is -2.17. The van der Waals surface area contributed by atoms with Crippen molar-refractivity contribution in [2.75, 3.05) is 0 Å². The van der Waals surface area contributed by atoms with Crippen molar-refractivity contribution in [3.05, 3.63) is 34.2 Å². The van der Waals surface area contributed by atoms with Crippen LogP contribution in [0.3, 0.4) is 0 Å². The van der Waals surface area contributed by atoms with Crippen molar-refractivity contribution in [2.45, 2.75) is 6.61 Å². The lowest BCUT2D eigenvalue weighted by Gasteiger charge is -1.98. The van der Waals surface area contributed by atoms with Crippen molar-refractivity contribution in [2.24, 2.45) is 5.73 Å². The van der Waals surface area contributed by atoms with Gasteiger partial charge in [0.1, 0.15) is 6.61 Å². The minimum Gasteiger partial charge on any atom is -0.445 e. The Morgan fingerprint density at radius 1 is 1.67 bits per heavy atom. The van der Waals surface area contributed by atoms with Gasteiger partial charge in [0.2, 0.25) is 0 Å². The SMILES string of the molecule is NC(=O)OCc1ccc[nH]c1=O. The van der Waals surface area contributed by atoms with Gasteiger partial charge < -0.3 is 15.5 Å². The largest absolute Gasteiger partial charge is 0.445 e. The van der Waals surface area contributed by atoms with Crippen LogP contribution < -0.4 is 11.3 Å². The molecule has 0 aliphatic heterocycles. The number of carbonyl (C=O) groups is 1. The first-order chi connectivity index (χ1) is 5.70. The van der Waals surface area contributed by atoms with Gasteiger partial charge in [0, 0.05) is 6.20 Å². The monoisotopic (exact) mass is 168 g/mol. The Bertz CT molecular complexity index is 331. The second-order valence-corrected chi connectivity index (χ2v) is 2.13. The lowest BCUT2D eigenvalue weighted by molar-refractivity contribution is 0.150. The Morgan fingerprint density at radius 2 is 2.42 bits per heavy atom. The molecule has 1 amide bonds. The molecule has 1 heterocycles. The number of carbonyl (C=O) groups excluding carboxylic acids is 1. The first-order valence-corrected chi connectivity index (χ1v) is 3.29. The van der Waals surface area contributed by atoms with Crippen molar-refractivity contribution in [1.29, 1.82) is 0 Å². The van der Waals surface area contributed by atoms with E-state index in [-0.39, 0.29) is 12.2 Å². The molecule has 0 aliphatic rings. The van der Waals surface area contributed by atoms with E-state index in [1.54, 1.807) is 12.1 Å². The van der Waals surface area contributed by atoms with Crippen molar-refractivity contribution < 1.29 is 9.53 Å². The number of H-pyrrole nitrogens is 1. The lowest BCUT2D eigenvalue weighted by atomic mass is 10.3. The van der Waals surface area contributed by atoms with Crippen LogP contribution in [0.15, 0.2) is 23.1 Å². The molecular formula is C7H8N2O3. The average molecular weight is 168 g/mol. The maximum Gasteiger partial charge on any atom is 0.404 e. The van der Waals surface area contributed by atoms with Gasteiger partial charge in [-0.25, -0.2) is 4.79 Å². The Labute approximate surface area is 68.2 Å². The number of hydrogen-bond donors (Lipinski definition) is 2. The highest BCUT2D eigenvalue weighted by atomic mass is 16.5. The van der Waals surface area contributed by atoms with Crippen molar-refractivity contribution in [3.8, 4) is 0 Å². The fraction of sp³-hybridized carbons (Fsp3) is 0.143. The molecule has 5 nitrogen and oxygen atoms in total. The minimum atomic E-state index is -0.891. The minimum absolute atomic E-state index is 0.0918. The molecule has 64 valence electrons. The highest BCUT2D eigenvalue weighted by Gasteiger charge is 1.99. The Morgan fingerprint density at radius 3 is 3.00 bits per heavy atom. The summed E-state index contributed by atoms with van der Waals surface area (Å²) in [5.41, 5.74) is 4.81. The maximum absolute atomic E-state index is 10.9. The number of ether oxygens (including phenoxy) is 1. The predicted octanol–water partition coefficient (Wildman–Crippen LogP) is -0.0298. The number of primary amides is 1. The summed E-state index contributed by atoms with van der Waals surface area (Å²) in [5.74, 6) is 0. The molecule has 1 rings (SSSR count). The molecule has 0 spiro atoms. The normalized spacial score (nSPS) is 9.33. The highest BCUT2D eigenvalue weighted by molar-refractivity contribution is 5.64. The molecule has 12 heavy (non-hydrogen) atoms. The number of aromatic amines is 1. The van der Waals surface area contributed by atoms with E-state index in [4.69, 9.17) is 5.73 Å². The Hall–Kier alpha value is -1.78. The molecule has 1 aromatic heterocycles. The van der Waals surface area contributed by atoms with E-state index in [2.05, 4.69) is 9.72 Å². The van der Waals surface area contributed by atoms with E-state index >= 15 is 0 Å². The predicted molar refractivity (Wildman–Crippen MR) is 41.4 cm³/mol. The summed E-state index contributed by atoms with van der Waals surface area (Å²) in [5, 5.41) is 0. The second-order valence-electron chi connectivity index (χ2n) is 2.13. The number of aromatic nitrogens is 1. The number of hydrogen-bond acceptors (Lipinski definition) is 3. The zero-order chi connectivity index (χ0) is 8.97. The third kappa shape index (κ3) is 2.12. The number of nitrogens with one attached hydrogen (secondary N) is 1. The molecule has 0 saturated carbocycles. The molecule has 0 unspecified atom stereocenters. The van der Waals surface area contributed by atoms with Gasteiger partial charge in [-0.05, 0) is 12.1 Å². The van der Waals surface area contributed by atoms with E-state index in [1.807, 2.05) is 0 Å². The summed E-state index contributed by atoms with van der Waals surface area (Å²) in [6, 6.07) is 3.20. The topological polar surface area (TPSA) is 85.2 Å². The number of rotatable bonds is 2. The zero-order valence-electron chi connectivity index (χ0n) is 6.24. The van der Waals surface area contributed by atoms with Crippen LogP contribution in [-0.2, 0) is 11.3 Å². The van der Waals surface area contributed by atoms with E-state index < -0.39 is 6.09 Å². The number of nitrogens with two attached hydrogens (primary N) is 1. The van der Waals surface area contributed by atoms with Crippen LogP contribution in [0.5, 0.6) is 0 Å². The van der Waals surface area contributed by atoms with Gasteiger partial charge in [-0.1, -0.05) is 0 Å². The fourth-order valence-electron chi connectivity index (χ4n) is 0.719. The fourth-order valence-corrected chi connectivity index (χ4v) is 0.719. The van der Waals surface area contributed by atoms with Crippen LogP contribution in [0.2, 0.25) is 0 Å². The smallest absolute Gasteiger partial charge is 0.404 e. The zero-order valence-corrected chi connectivity index (χ0v) is 6.24. The van der Waals surface area contributed by atoms with E-state index in [0.717, 1.165) is 0 Å². The molecule has 0 aliphatic carbocycles.